The molecule has 0 unspecified atom stereocenters. The summed E-state index contributed by atoms with van der Waals surface area (Å²) in [5.74, 6) is 2.36. The highest BCUT2D eigenvalue weighted by Crippen LogP contribution is 2.27. The minimum Gasteiger partial charge on any atom is -0.489 e. The van der Waals surface area contributed by atoms with Crippen LogP contribution in [0.2, 0.25) is 0 Å². The van der Waals surface area contributed by atoms with Crippen molar-refractivity contribution in [1.82, 2.24) is 14.9 Å². The van der Waals surface area contributed by atoms with Crippen LogP contribution < -0.4 is 4.74 Å². The molecule has 2 aliphatic heterocycles. The minimum absolute atomic E-state index is 0.661. The normalized spacial score (nSPS) is 16.4. The third-order valence-corrected chi connectivity index (χ3v) is 4.87. The summed E-state index contributed by atoms with van der Waals surface area (Å²) < 4.78 is 11.3. The summed E-state index contributed by atoms with van der Waals surface area (Å²) in [6, 6.07) is 11.9. The van der Waals surface area contributed by atoms with Crippen LogP contribution in [0.3, 0.4) is 0 Å². The molecule has 2 aromatic heterocycles. The predicted octanol–water partition coefficient (Wildman–Crippen LogP) is 3.57. The van der Waals surface area contributed by atoms with Gasteiger partial charge >= 0.3 is 0 Å². The monoisotopic (exact) mass is 345 g/mol. The predicted molar refractivity (Wildman–Crippen MR) is 98.6 cm³/mol. The van der Waals surface area contributed by atoms with E-state index in [-0.39, 0.29) is 0 Å². The Morgan fingerprint density at radius 3 is 3.00 bits per heavy atom. The van der Waals surface area contributed by atoms with Gasteiger partial charge in [0.1, 0.15) is 12.4 Å². The lowest BCUT2D eigenvalue weighted by atomic mass is 10.0. The molecule has 0 fully saturated rings. The number of benzene rings is 1. The summed E-state index contributed by atoms with van der Waals surface area (Å²) in [5.41, 5.74) is 4.80. The van der Waals surface area contributed by atoms with E-state index < -0.39 is 0 Å². The van der Waals surface area contributed by atoms with Crippen molar-refractivity contribution in [3.8, 4) is 17.3 Å². The molecule has 0 saturated carbocycles. The van der Waals surface area contributed by atoms with E-state index in [9.17, 15) is 0 Å². The molecule has 0 radical (unpaired) electrons. The average Bonchev–Trinajstić information content (AvgIpc) is 3.22. The molecule has 0 atom stereocenters. The quantitative estimate of drug-likeness (QED) is 0.726. The fourth-order valence-electron chi connectivity index (χ4n) is 3.58. The lowest BCUT2D eigenvalue weighted by molar-refractivity contribution is 0.255. The second-order valence-corrected chi connectivity index (χ2v) is 6.73. The Morgan fingerprint density at radius 2 is 2.08 bits per heavy atom. The first-order valence-electron chi connectivity index (χ1n) is 8.87. The van der Waals surface area contributed by atoms with Crippen molar-refractivity contribution >= 4 is 6.08 Å². The second kappa shape index (κ2) is 6.42. The maximum atomic E-state index is 5.87. The van der Waals surface area contributed by atoms with Crippen molar-refractivity contribution in [2.75, 3.05) is 19.7 Å². The van der Waals surface area contributed by atoms with E-state index in [4.69, 9.17) is 14.1 Å². The highest BCUT2D eigenvalue weighted by molar-refractivity contribution is 5.62. The molecule has 0 aliphatic carbocycles. The van der Waals surface area contributed by atoms with E-state index in [0.717, 1.165) is 48.8 Å². The Bertz CT molecular complexity index is 963. The minimum atomic E-state index is 0.661. The zero-order chi connectivity index (χ0) is 17.3. The Morgan fingerprint density at radius 1 is 1.12 bits per heavy atom. The molecule has 0 saturated heterocycles. The van der Waals surface area contributed by atoms with Gasteiger partial charge in [0.15, 0.2) is 11.6 Å². The van der Waals surface area contributed by atoms with Crippen LogP contribution in [0.25, 0.3) is 17.7 Å². The Balaban J connectivity index is 1.31. The third-order valence-electron chi connectivity index (χ3n) is 4.87. The van der Waals surface area contributed by atoms with Gasteiger partial charge in [0, 0.05) is 43.4 Å². The van der Waals surface area contributed by atoms with Crippen LogP contribution in [0.4, 0.5) is 0 Å². The van der Waals surface area contributed by atoms with Gasteiger partial charge in [0.05, 0.1) is 12.0 Å². The van der Waals surface area contributed by atoms with Crippen molar-refractivity contribution in [3.05, 3.63) is 71.3 Å². The largest absolute Gasteiger partial charge is 0.489 e. The van der Waals surface area contributed by atoms with Gasteiger partial charge in [-0.15, -0.1) is 0 Å². The lowest BCUT2D eigenvalue weighted by Gasteiger charge is -2.29. The number of furan rings is 1. The van der Waals surface area contributed by atoms with Gasteiger partial charge in [0.2, 0.25) is 0 Å². The summed E-state index contributed by atoms with van der Waals surface area (Å²) in [7, 11) is 0. The van der Waals surface area contributed by atoms with Crippen molar-refractivity contribution in [1.29, 1.82) is 0 Å². The first kappa shape index (κ1) is 15.3. The van der Waals surface area contributed by atoms with Crippen molar-refractivity contribution in [2.24, 2.45) is 0 Å². The first-order valence-corrected chi connectivity index (χ1v) is 8.87. The van der Waals surface area contributed by atoms with Gasteiger partial charge in [-0.05, 0) is 29.8 Å². The first-order chi connectivity index (χ1) is 12.8. The molecule has 1 aromatic carbocycles. The number of fused-ring (bicyclic) bond motifs is 2. The van der Waals surface area contributed by atoms with Gasteiger partial charge in [-0.1, -0.05) is 18.2 Å². The van der Waals surface area contributed by atoms with E-state index >= 15 is 0 Å². The molecule has 0 spiro atoms. The van der Waals surface area contributed by atoms with E-state index in [2.05, 4.69) is 22.0 Å². The molecule has 5 rings (SSSR count). The summed E-state index contributed by atoms with van der Waals surface area (Å²) in [4.78, 5) is 11.6. The topological polar surface area (TPSA) is 51.4 Å². The second-order valence-electron chi connectivity index (χ2n) is 6.73. The number of aromatic nitrogens is 2. The van der Waals surface area contributed by atoms with E-state index in [1.54, 1.807) is 6.26 Å². The van der Waals surface area contributed by atoms with Gasteiger partial charge in [0.25, 0.3) is 0 Å². The maximum absolute atomic E-state index is 5.87. The van der Waals surface area contributed by atoms with E-state index in [1.807, 2.05) is 36.5 Å². The smallest absolute Gasteiger partial charge is 0.195 e. The SMILES string of the molecule is C1=C(CN2CCc3nc(-c4ccco4)ncc3C2)COc2ccccc21. The molecule has 3 aromatic rings. The zero-order valence-electron chi connectivity index (χ0n) is 14.4. The van der Waals surface area contributed by atoms with E-state index in [1.165, 1.54) is 11.1 Å². The lowest BCUT2D eigenvalue weighted by Crippen LogP contribution is -2.34. The van der Waals surface area contributed by atoms with Crippen LogP contribution in [0.15, 0.2) is 58.8 Å². The highest BCUT2D eigenvalue weighted by atomic mass is 16.5. The fraction of sp³-hybridized carbons (Fsp3) is 0.238. The Kier molecular flexibility index (Phi) is 3.79. The fourth-order valence-corrected chi connectivity index (χ4v) is 3.58. The van der Waals surface area contributed by atoms with Crippen molar-refractivity contribution < 1.29 is 9.15 Å². The molecule has 5 nitrogen and oxygen atoms in total. The molecule has 0 bridgehead atoms. The Hall–Kier alpha value is -2.92. The van der Waals surface area contributed by atoms with E-state index in [0.29, 0.717) is 12.4 Å². The van der Waals surface area contributed by atoms with Crippen LogP contribution in [0.5, 0.6) is 5.75 Å². The molecule has 130 valence electrons. The van der Waals surface area contributed by atoms with Gasteiger partial charge < -0.3 is 9.15 Å². The summed E-state index contributed by atoms with van der Waals surface area (Å²) >= 11 is 0. The molecule has 4 heterocycles. The molecule has 0 amide bonds. The molecule has 2 aliphatic rings. The Labute approximate surface area is 152 Å². The molecule has 26 heavy (non-hydrogen) atoms. The maximum Gasteiger partial charge on any atom is 0.195 e. The highest BCUT2D eigenvalue weighted by Gasteiger charge is 2.21. The van der Waals surface area contributed by atoms with Gasteiger partial charge in [-0.3, -0.25) is 4.90 Å². The molecular weight excluding hydrogens is 326 g/mol. The third kappa shape index (κ3) is 2.91. The number of nitrogens with zero attached hydrogens (tertiary/aromatic N) is 3. The van der Waals surface area contributed by atoms with Crippen LogP contribution in [0, 0.1) is 0 Å². The summed E-state index contributed by atoms with van der Waals surface area (Å²) in [6.07, 6.45) is 6.77. The van der Waals surface area contributed by atoms with Crippen LogP contribution in [0.1, 0.15) is 16.8 Å². The standard InChI is InChI=1S/C21H19N3O2/c1-2-5-19-16(4-1)10-15(14-26-19)12-24-8-7-18-17(13-24)11-22-21(23-18)20-6-3-9-25-20/h1-6,9-11H,7-8,12-14H2. The van der Waals surface area contributed by atoms with Gasteiger partial charge in [-0.25, -0.2) is 9.97 Å². The number of hydrogen-bond acceptors (Lipinski definition) is 5. The number of hydrogen-bond donors (Lipinski definition) is 0. The summed E-state index contributed by atoms with van der Waals surface area (Å²) in [6.45, 7) is 3.43. The van der Waals surface area contributed by atoms with Crippen LogP contribution >= 0.6 is 0 Å². The summed E-state index contributed by atoms with van der Waals surface area (Å²) in [5, 5.41) is 0. The number of ether oxygens (including phenoxy) is 1. The zero-order valence-corrected chi connectivity index (χ0v) is 14.4. The average molecular weight is 345 g/mol. The molecule has 0 N–H and O–H groups in total. The molecular formula is C21H19N3O2. The van der Waals surface area contributed by atoms with Crippen molar-refractivity contribution in [2.45, 2.75) is 13.0 Å². The van der Waals surface area contributed by atoms with Crippen LogP contribution in [-0.4, -0.2) is 34.6 Å². The molecule has 5 heteroatoms. The van der Waals surface area contributed by atoms with Gasteiger partial charge in [-0.2, -0.15) is 0 Å². The van der Waals surface area contributed by atoms with Crippen molar-refractivity contribution in [3.63, 3.8) is 0 Å². The number of rotatable bonds is 3. The number of para-hydroxylation sites is 1. The van der Waals surface area contributed by atoms with Crippen LogP contribution in [-0.2, 0) is 13.0 Å².